The van der Waals surface area contributed by atoms with E-state index in [2.05, 4.69) is 17.4 Å². The maximum absolute atomic E-state index is 11.8. The lowest BCUT2D eigenvalue weighted by atomic mass is 10.1. The second kappa shape index (κ2) is 10.1. The maximum atomic E-state index is 11.8. The minimum Gasteiger partial charge on any atom is -0.482 e. The fraction of sp³-hybridized carbons (Fsp3) is 0.300. The molecule has 0 aliphatic heterocycles. The lowest BCUT2D eigenvalue weighted by molar-refractivity contribution is -0.150. The molecule has 0 spiro atoms. The molecule has 1 atom stereocenters. The van der Waals surface area contributed by atoms with Gasteiger partial charge in [-0.3, -0.25) is 4.79 Å². The van der Waals surface area contributed by atoms with Crippen LogP contribution in [-0.2, 0) is 20.7 Å². The van der Waals surface area contributed by atoms with Crippen molar-refractivity contribution in [2.45, 2.75) is 25.8 Å². The zero-order valence-electron chi connectivity index (χ0n) is 14.3. The van der Waals surface area contributed by atoms with E-state index >= 15 is 0 Å². The second-order valence-electron chi connectivity index (χ2n) is 5.76. The smallest absolute Gasteiger partial charge is 0.344 e. The van der Waals surface area contributed by atoms with Crippen LogP contribution >= 0.6 is 0 Å². The van der Waals surface area contributed by atoms with Gasteiger partial charge >= 0.3 is 5.97 Å². The number of hydrogen-bond acceptors (Lipinski definition) is 4. The zero-order valence-corrected chi connectivity index (χ0v) is 14.3. The fourth-order valence-corrected chi connectivity index (χ4v) is 2.26. The number of rotatable bonds is 9. The van der Waals surface area contributed by atoms with Gasteiger partial charge in [-0.05, 0) is 37.5 Å². The van der Waals surface area contributed by atoms with E-state index in [4.69, 9.17) is 9.47 Å². The first-order valence-electron chi connectivity index (χ1n) is 8.30. The summed E-state index contributed by atoms with van der Waals surface area (Å²) in [5, 5.41) is 2.82. The fourth-order valence-electron chi connectivity index (χ4n) is 2.26. The molecule has 5 nitrogen and oxygen atoms in total. The monoisotopic (exact) mass is 341 g/mol. The lowest BCUT2D eigenvalue weighted by Gasteiger charge is -2.14. The molecule has 2 aromatic rings. The Morgan fingerprint density at radius 1 is 0.960 bits per heavy atom. The van der Waals surface area contributed by atoms with Crippen LogP contribution in [0.1, 0.15) is 18.9 Å². The number of carbonyl (C=O) groups excluding carboxylic acids is 2. The average molecular weight is 341 g/mol. The van der Waals surface area contributed by atoms with E-state index in [1.807, 2.05) is 43.3 Å². The van der Waals surface area contributed by atoms with Crippen molar-refractivity contribution < 1.29 is 19.1 Å². The summed E-state index contributed by atoms with van der Waals surface area (Å²) in [5.41, 5.74) is 1.23. The van der Waals surface area contributed by atoms with Crippen LogP contribution in [-0.4, -0.2) is 31.1 Å². The van der Waals surface area contributed by atoms with Gasteiger partial charge in [0, 0.05) is 6.04 Å². The quantitative estimate of drug-likeness (QED) is 0.712. The van der Waals surface area contributed by atoms with Crippen LogP contribution in [0.5, 0.6) is 5.75 Å². The van der Waals surface area contributed by atoms with Gasteiger partial charge in [0.05, 0.1) is 0 Å². The minimum absolute atomic E-state index is 0.00646. The maximum Gasteiger partial charge on any atom is 0.344 e. The van der Waals surface area contributed by atoms with Crippen molar-refractivity contribution in [1.29, 1.82) is 0 Å². The minimum atomic E-state index is -0.573. The highest BCUT2D eigenvalue weighted by Gasteiger charge is 2.11. The van der Waals surface area contributed by atoms with E-state index in [9.17, 15) is 9.59 Å². The summed E-state index contributed by atoms with van der Waals surface area (Å²) < 4.78 is 10.2. The Balaban J connectivity index is 1.60. The molecule has 0 fully saturated rings. The molecular formula is C20H23NO4. The van der Waals surface area contributed by atoms with Crippen molar-refractivity contribution >= 4 is 11.9 Å². The highest BCUT2D eigenvalue weighted by Crippen LogP contribution is 2.08. The van der Waals surface area contributed by atoms with E-state index in [1.54, 1.807) is 12.1 Å². The number of hydrogen-bond donors (Lipinski definition) is 1. The molecular weight excluding hydrogens is 318 g/mol. The number of para-hydroxylation sites is 1. The summed E-state index contributed by atoms with van der Waals surface area (Å²) in [5.74, 6) is -0.303. The molecule has 25 heavy (non-hydrogen) atoms. The molecule has 0 saturated carbocycles. The average Bonchev–Trinajstić information content (AvgIpc) is 2.65. The van der Waals surface area contributed by atoms with Crippen LogP contribution in [0.2, 0.25) is 0 Å². The first-order valence-corrected chi connectivity index (χ1v) is 8.30. The third kappa shape index (κ3) is 7.52. The van der Waals surface area contributed by atoms with Crippen LogP contribution in [0, 0.1) is 0 Å². The number of esters is 1. The number of ether oxygens (including phenoxy) is 2. The summed E-state index contributed by atoms with van der Waals surface area (Å²) in [6, 6.07) is 19.1. The van der Waals surface area contributed by atoms with E-state index in [-0.39, 0.29) is 25.2 Å². The molecule has 1 unspecified atom stereocenters. The van der Waals surface area contributed by atoms with Crippen molar-refractivity contribution in [3.05, 3.63) is 66.2 Å². The molecule has 1 amide bonds. The normalized spacial score (nSPS) is 11.4. The largest absolute Gasteiger partial charge is 0.482 e. The van der Waals surface area contributed by atoms with Crippen LogP contribution < -0.4 is 10.1 Å². The molecule has 132 valence electrons. The van der Waals surface area contributed by atoms with E-state index in [0.717, 1.165) is 12.8 Å². The van der Waals surface area contributed by atoms with Crippen molar-refractivity contribution in [1.82, 2.24) is 5.32 Å². The van der Waals surface area contributed by atoms with Gasteiger partial charge in [-0.25, -0.2) is 4.79 Å². The van der Waals surface area contributed by atoms with Crippen molar-refractivity contribution in [3.8, 4) is 5.75 Å². The number of benzene rings is 2. The summed E-state index contributed by atoms with van der Waals surface area (Å²) in [4.78, 5) is 23.4. The van der Waals surface area contributed by atoms with E-state index in [0.29, 0.717) is 5.75 Å². The number of amides is 1. The van der Waals surface area contributed by atoms with Crippen molar-refractivity contribution in [2.24, 2.45) is 0 Å². The first kappa shape index (κ1) is 18.5. The Morgan fingerprint density at radius 2 is 1.60 bits per heavy atom. The Hall–Kier alpha value is -2.82. The molecule has 0 bridgehead atoms. The van der Waals surface area contributed by atoms with E-state index < -0.39 is 5.97 Å². The molecule has 0 aromatic heterocycles. The predicted molar refractivity (Wildman–Crippen MR) is 95.3 cm³/mol. The third-order valence-corrected chi connectivity index (χ3v) is 3.58. The van der Waals surface area contributed by atoms with Crippen LogP contribution in [0.3, 0.4) is 0 Å². The van der Waals surface area contributed by atoms with Crippen molar-refractivity contribution in [2.75, 3.05) is 13.2 Å². The summed E-state index contributed by atoms with van der Waals surface area (Å²) in [7, 11) is 0. The number of carbonyl (C=O) groups is 2. The molecule has 5 heteroatoms. The van der Waals surface area contributed by atoms with Gasteiger partial charge in [0.1, 0.15) is 5.75 Å². The molecule has 0 aliphatic rings. The number of aryl methyl sites for hydroxylation is 1. The highest BCUT2D eigenvalue weighted by molar-refractivity contribution is 5.81. The highest BCUT2D eigenvalue weighted by atomic mass is 16.6. The molecule has 2 aromatic carbocycles. The van der Waals surface area contributed by atoms with Gasteiger partial charge in [0.2, 0.25) is 0 Å². The molecule has 1 N–H and O–H groups in total. The summed E-state index contributed by atoms with van der Waals surface area (Å²) >= 11 is 0. The zero-order chi connectivity index (χ0) is 17.9. The number of nitrogens with one attached hydrogen (secondary N) is 1. The van der Waals surface area contributed by atoms with E-state index in [1.165, 1.54) is 5.56 Å². The van der Waals surface area contributed by atoms with Gasteiger partial charge in [-0.2, -0.15) is 0 Å². The van der Waals surface area contributed by atoms with Crippen LogP contribution in [0.15, 0.2) is 60.7 Å². The van der Waals surface area contributed by atoms with Crippen LogP contribution in [0.4, 0.5) is 0 Å². The Kier molecular flexibility index (Phi) is 7.50. The van der Waals surface area contributed by atoms with Gasteiger partial charge < -0.3 is 14.8 Å². The third-order valence-electron chi connectivity index (χ3n) is 3.58. The first-order chi connectivity index (χ1) is 12.1. The SMILES string of the molecule is CC(CCc1ccccc1)NC(=O)COC(=O)COc1ccccc1. The van der Waals surface area contributed by atoms with Crippen molar-refractivity contribution in [3.63, 3.8) is 0 Å². The topological polar surface area (TPSA) is 64.6 Å². The Labute approximate surface area is 148 Å². The predicted octanol–water partition coefficient (Wildman–Crippen LogP) is 2.75. The lowest BCUT2D eigenvalue weighted by Crippen LogP contribution is -2.36. The standard InChI is InChI=1S/C20H23NO4/c1-16(12-13-17-8-4-2-5-9-17)21-19(22)14-25-20(23)15-24-18-10-6-3-7-11-18/h2-11,16H,12-15H2,1H3,(H,21,22). The molecule has 0 saturated heterocycles. The Morgan fingerprint density at radius 3 is 2.28 bits per heavy atom. The van der Waals surface area contributed by atoms with Gasteiger partial charge in [0.25, 0.3) is 5.91 Å². The summed E-state index contributed by atoms with van der Waals surface area (Å²) in [6.07, 6.45) is 1.70. The van der Waals surface area contributed by atoms with Gasteiger partial charge in [-0.1, -0.05) is 48.5 Å². The van der Waals surface area contributed by atoms with Gasteiger partial charge in [0.15, 0.2) is 13.2 Å². The van der Waals surface area contributed by atoms with Crippen LogP contribution in [0.25, 0.3) is 0 Å². The van der Waals surface area contributed by atoms with Gasteiger partial charge in [-0.15, -0.1) is 0 Å². The molecule has 2 rings (SSSR count). The summed E-state index contributed by atoms with van der Waals surface area (Å²) in [6.45, 7) is 1.41. The second-order valence-corrected chi connectivity index (χ2v) is 5.76. The molecule has 0 aliphatic carbocycles. The molecule has 0 heterocycles. The Bertz CT molecular complexity index is 658. The molecule has 0 radical (unpaired) electrons.